The van der Waals surface area contributed by atoms with Gasteiger partial charge in [0.25, 0.3) is 0 Å². The zero-order valence-electron chi connectivity index (χ0n) is 16.1. The van der Waals surface area contributed by atoms with Gasteiger partial charge < -0.3 is 10.2 Å². The first-order valence-corrected chi connectivity index (χ1v) is 11.1. The normalized spacial score (nSPS) is 22.4. The van der Waals surface area contributed by atoms with Crippen molar-refractivity contribution < 1.29 is 17.6 Å². The third-order valence-electron chi connectivity index (χ3n) is 5.67. The van der Waals surface area contributed by atoms with Crippen LogP contribution in [0.15, 0.2) is 29.2 Å². The van der Waals surface area contributed by atoms with Gasteiger partial charge in [0.2, 0.25) is 15.9 Å². The van der Waals surface area contributed by atoms with E-state index in [9.17, 15) is 17.6 Å². The van der Waals surface area contributed by atoms with Crippen molar-refractivity contribution in [2.45, 2.75) is 61.4 Å². The first kappa shape index (κ1) is 23.1. The lowest BCUT2D eigenvalue weighted by molar-refractivity contribution is -0.140. The van der Waals surface area contributed by atoms with Gasteiger partial charge in [-0.3, -0.25) is 4.79 Å². The van der Waals surface area contributed by atoms with Crippen molar-refractivity contribution in [2.75, 3.05) is 20.1 Å². The second-order valence-corrected chi connectivity index (χ2v) is 9.27. The molecule has 158 valence electrons. The molecule has 2 N–H and O–H groups in total. The van der Waals surface area contributed by atoms with E-state index in [2.05, 4.69) is 10.0 Å². The molecule has 2 fully saturated rings. The zero-order valence-corrected chi connectivity index (χ0v) is 17.8. The molecular weight excluding hydrogens is 405 g/mol. The number of likely N-dealkylation sites (N-methyl/N-ethyl adjacent to an activating group) is 1. The van der Waals surface area contributed by atoms with Crippen molar-refractivity contribution in [1.82, 2.24) is 14.9 Å². The molecule has 0 bridgehead atoms. The van der Waals surface area contributed by atoms with Crippen molar-refractivity contribution in [1.29, 1.82) is 0 Å². The Hall–Kier alpha value is -1.22. The third kappa shape index (κ3) is 5.03. The molecule has 9 heteroatoms. The quantitative estimate of drug-likeness (QED) is 0.747. The summed E-state index contributed by atoms with van der Waals surface area (Å²) in [4.78, 5) is 15.0. The van der Waals surface area contributed by atoms with Gasteiger partial charge in [0.15, 0.2) is 0 Å². The van der Waals surface area contributed by atoms with Crippen LogP contribution in [0.5, 0.6) is 0 Å². The second kappa shape index (κ2) is 9.52. The number of nitrogens with zero attached hydrogens (tertiary/aromatic N) is 1. The van der Waals surface area contributed by atoms with E-state index in [1.54, 1.807) is 4.90 Å². The molecule has 28 heavy (non-hydrogen) atoms. The van der Waals surface area contributed by atoms with Crippen LogP contribution in [0.1, 0.15) is 44.9 Å². The Labute approximate surface area is 172 Å². The summed E-state index contributed by atoms with van der Waals surface area (Å²) in [5.74, 6) is -0.767. The Bertz CT molecular complexity index is 784. The summed E-state index contributed by atoms with van der Waals surface area (Å²) in [7, 11) is -2.12. The molecule has 6 nitrogen and oxygen atoms in total. The highest BCUT2D eigenvalue weighted by atomic mass is 35.5. The Kier molecular flexibility index (Phi) is 7.84. The molecule has 0 aromatic heterocycles. The predicted octanol–water partition coefficient (Wildman–Crippen LogP) is 2.44. The second-order valence-electron chi connectivity index (χ2n) is 7.58. The van der Waals surface area contributed by atoms with Gasteiger partial charge in [-0.15, -0.1) is 12.4 Å². The fraction of sp³-hybridized carbons (Fsp3) is 0.632. The van der Waals surface area contributed by atoms with Crippen LogP contribution in [0.4, 0.5) is 4.39 Å². The number of rotatable bonds is 5. The van der Waals surface area contributed by atoms with Crippen LogP contribution in [0.3, 0.4) is 0 Å². The number of halogens is 2. The van der Waals surface area contributed by atoms with Gasteiger partial charge in [0.1, 0.15) is 11.4 Å². The molecule has 1 unspecified atom stereocenters. The number of sulfonamides is 1. The molecule has 1 saturated heterocycles. The summed E-state index contributed by atoms with van der Waals surface area (Å²) in [6.07, 6.45) is 5.41. The molecule has 0 radical (unpaired) electrons. The molecular formula is C19H29ClFN3O3S. The third-order valence-corrected chi connectivity index (χ3v) is 7.20. The summed E-state index contributed by atoms with van der Waals surface area (Å²) in [6, 6.07) is 5.13. The van der Waals surface area contributed by atoms with Gasteiger partial charge in [0.05, 0.1) is 4.90 Å². The minimum Gasteiger partial charge on any atom is -0.340 e. The maximum absolute atomic E-state index is 13.5. The lowest BCUT2D eigenvalue weighted by Crippen LogP contribution is -2.62. The zero-order chi connectivity index (χ0) is 19.5. The fourth-order valence-electron chi connectivity index (χ4n) is 4.17. The van der Waals surface area contributed by atoms with E-state index in [1.807, 2.05) is 7.05 Å². The summed E-state index contributed by atoms with van der Waals surface area (Å²) in [5.41, 5.74) is -1.14. The van der Waals surface area contributed by atoms with Gasteiger partial charge in [-0.25, -0.2) is 12.8 Å². The molecule has 2 aliphatic rings. The van der Waals surface area contributed by atoms with Crippen molar-refractivity contribution in [2.24, 2.45) is 0 Å². The minimum absolute atomic E-state index is 0. The monoisotopic (exact) mass is 433 g/mol. The highest BCUT2D eigenvalue weighted by Crippen LogP contribution is 2.32. The van der Waals surface area contributed by atoms with E-state index in [0.29, 0.717) is 25.9 Å². The summed E-state index contributed by atoms with van der Waals surface area (Å²) >= 11 is 0. The van der Waals surface area contributed by atoms with Crippen molar-refractivity contribution in [3.8, 4) is 0 Å². The van der Waals surface area contributed by atoms with Crippen molar-refractivity contribution in [3.05, 3.63) is 30.1 Å². The first-order chi connectivity index (χ1) is 12.9. The maximum atomic E-state index is 13.5. The average molecular weight is 434 g/mol. The van der Waals surface area contributed by atoms with Crippen molar-refractivity contribution >= 4 is 28.3 Å². The van der Waals surface area contributed by atoms with Crippen LogP contribution in [-0.2, 0) is 14.8 Å². The van der Waals surface area contributed by atoms with E-state index in [0.717, 1.165) is 38.2 Å². The summed E-state index contributed by atoms with van der Waals surface area (Å²) < 4.78 is 42.0. The number of benzene rings is 1. The van der Waals surface area contributed by atoms with Gasteiger partial charge in [-0.1, -0.05) is 25.3 Å². The van der Waals surface area contributed by atoms with Crippen LogP contribution in [0, 0.1) is 5.82 Å². The van der Waals surface area contributed by atoms with E-state index < -0.39 is 21.4 Å². The number of amides is 1. The molecule has 1 atom stereocenters. The molecule has 1 aromatic rings. The number of hydrogen-bond donors (Lipinski definition) is 2. The largest absolute Gasteiger partial charge is 0.340 e. The van der Waals surface area contributed by atoms with Crippen molar-refractivity contribution in [3.63, 3.8) is 0 Å². The standard InChI is InChI=1S/C19H28FN3O3S.ClH/c1-21-16-8-6-12-23(14-16)18(24)19(10-3-2-4-11-19)22-27(25,26)17-9-5-7-15(20)13-17;/h5,7,9,13,16,21-22H,2-4,6,8,10-12,14H2,1H3;1H. The summed E-state index contributed by atoms with van der Waals surface area (Å²) in [5, 5.41) is 3.21. The van der Waals surface area contributed by atoms with Gasteiger partial charge in [-0.2, -0.15) is 4.72 Å². The SMILES string of the molecule is CNC1CCCN(C(=O)C2(NS(=O)(=O)c3cccc(F)c3)CCCCC2)C1.Cl. The van der Waals surface area contributed by atoms with Crippen LogP contribution in [-0.4, -0.2) is 50.9 Å². The fourth-order valence-corrected chi connectivity index (χ4v) is 5.61. The lowest BCUT2D eigenvalue weighted by atomic mass is 9.81. The summed E-state index contributed by atoms with van der Waals surface area (Å²) in [6.45, 7) is 1.22. The minimum atomic E-state index is -4.00. The Morgan fingerprint density at radius 2 is 1.93 bits per heavy atom. The smallest absolute Gasteiger partial charge is 0.243 e. The van der Waals surface area contributed by atoms with Gasteiger partial charge in [-0.05, 0) is 50.9 Å². The van der Waals surface area contributed by atoms with Gasteiger partial charge >= 0.3 is 0 Å². The highest BCUT2D eigenvalue weighted by Gasteiger charge is 2.45. The molecule has 1 heterocycles. The molecule has 1 saturated carbocycles. The first-order valence-electron chi connectivity index (χ1n) is 9.62. The van der Waals surface area contributed by atoms with E-state index in [4.69, 9.17) is 0 Å². The van der Waals surface area contributed by atoms with Crippen LogP contribution in [0.25, 0.3) is 0 Å². The number of hydrogen-bond acceptors (Lipinski definition) is 4. The molecule has 1 aromatic carbocycles. The molecule has 3 rings (SSSR count). The molecule has 1 aliphatic heterocycles. The number of likely N-dealkylation sites (tertiary alicyclic amines) is 1. The number of carbonyl (C=O) groups is 1. The molecule has 0 spiro atoms. The molecule has 1 aliphatic carbocycles. The van der Waals surface area contributed by atoms with E-state index in [-0.39, 0.29) is 29.3 Å². The number of nitrogens with one attached hydrogen (secondary N) is 2. The van der Waals surface area contributed by atoms with Crippen LogP contribution >= 0.6 is 12.4 Å². The average Bonchev–Trinajstić information content (AvgIpc) is 2.68. The molecule has 1 amide bonds. The lowest BCUT2D eigenvalue weighted by Gasteiger charge is -2.42. The number of carbonyl (C=O) groups excluding carboxylic acids is 1. The Balaban J connectivity index is 0.00000280. The maximum Gasteiger partial charge on any atom is 0.243 e. The topological polar surface area (TPSA) is 78.5 Å². The van der Waals surface area contributed by atoms with E-state index >= 15 is 0 Å². The van der Waals surface area contributed by atoms with Gasteiger partial charge in [0, 0.05) is 19.1 Å². The Morgan fingerprint density at radius 3 is 2.57 bits per heavy atom. The highest BCUT2D eigenvalue weighted by molar-refractivity contribution is 7.89. The van der Waals surface area contributed by atoms with E-state index in [1.165, 1.54) is 18.2 Å². The predicted molar refractivity (Wildman–Crippen MR) is 108 cm³/mol. The Morgan fingerprint density at radius 1 is 1.21 bits per heavy atom. The number of piperidine rings is 1. The van der Waals surface area contributed by atoms with Crippen LogP contribution in [0.2, 0.25) is 0 Å². The van der Waals surface area contributed by atoms with Crippen LogP contribution < -0.4 is 10.0 Å².